The van der Waals surface area contributed by atoms with E-state index in [4.69, 9.17) is 0 Å². The Hall–Kier alpha value is -3.21. The molecule has 5 nitrogen and oxygen atoms in total. The van der Waals surface area contributed by atoms with E-state index in [-0.39, 0.29) is 5.91 Å². The standard InChI is InChI=1S/C19H16N4O/c1-2-23-17-6-4-3-5-14(17)15-11-13(7-8-18(15)23)22-19(24)16-12-20-9-10-21-16/h3-12H,2H2,1H3,(H,22,24). The number of anilines is 1. The molecule has 0 unspecified atom stereocenters. The first-order valence-corrected chi connectivity index (χ1v) is 7.86. The third kappa shape index (κ3) is 2.31. The van der Waals surface area contributed by atoms with E-state index in [9.17, 15) is 4.79 Å². The Morgan fingerprint density at radius 2 is 1.92 bits per heavy atom. The van der Waals surface area contributed by atoms with Crippen LogP contribution in [0.3, 0.4) is 0 Å². The van der Waals surface area contributed by atoms with Gasteiger partial charge in [-0.25, -0.2) is 4.98 Å². The van der Waals surface area contributed by atoms with Crippen LogP contribution >= 0.6 is 0 Å². The van der Waals surface area contributed by atoms with E-state index in [0.29, 0.717) is 5.69 Å². The maximum Gasteiger partial charge on any atom is 0.275 e. The van der Waals surface area contributed by atoms with Crippen molar-refractivity contribution in [3.63, 3.8) is 0 Å². The van der Waals surface area contributed by atoms with Gasteiger partial charge in [-0.3, -0.25) is 9.78 Å². The molecule has 0 spiro atoms. The smallest absolute Gasteiger partial charge is 0.275 e. The van der Waals surface area contributed by atoms with E-state index in [1.165, 1.54) is 23.3 Å². The first-order chi connectivity index (χ1) is 11.8. The average molecular weight is 316 g/mol. The summed E-state index contributed by atoms with van der Waals surface area (Å²) in [5, 5.41) is 5.21. The number of nitrogens with one attached hydrogen (secondary N) is 1. The van der Waals surface area contributed by atoms with Crippen molar-refractivity contribution < 1.29 is 4.79 Å². The van der Waals surface area contributed by atoms with Crippen molar-refractivity contribution in [2.24, 2.45) is 0 Å². The summed E-state index contributed by atoms with van der Waals surface area (Å²) in [6.07, 6.45) is 4.51. The van der Waals surface area contributed by atoms with Crippen molar-refractivity contribution in [1.82, 2.24) is 14.5 Å². The fraction of sp³-hybridized carbons (Fsp3) is 0.105. The lowest BCUT2D eigenvalue weighted by Gasteiger charge is -2.06. The zero-order valence-corrected chi connectivity index (χ0v) is 13.2. The number of carbonyl (C=O) groups excluding carboxylic acids is 1. The molecule has 2 heterocycles. The monoisotopic (exact) mass is 316 g/mol. The van der Waals surface area contributed by atoms with E-state index in [2.05, 4.69) is 38.9 Å². The molecule has 24 heavy (non-hydrogen) atoms. The molecule has 0 aliphatic rings. The maximum atomic E-state index is 12.3. The summed E-state index contributed by atoms with van der Waals surface area (Å²) in [6.45, 7) is 3.03. The summed E-state index contributed by atoms with van der Waals surface area (Å²) < 4.78 is 2.28. The lowest BCUT2D eigenvalue weighted by atomic mass is 10.1. The van der Waals surface area contributed by atoms with Gasteiger partial charge in [-0.15, -0.1) is 0 Å². The van der Waals surface area contributed by atoms with Gasteiger partial charge in [0.15, 0.2) is 0 Å². The molecule has 0 aliphatic heterocycles. The molecular weight excluding hydrogens is 300 g/mol. The minimum atomic E-state index is -0.262. The van der Waals surface area contributed by atoms with Crippen LogP contribution in [0, 0.1) is 0 Å². The molecule has 0 fully saturated rings. The SMILES string of the molecule is CCn1c2ccccc2c2cc(NC(=O)c3cnccn3)ccc21. The zero-order chi connectivity index (χ0) is 16.5. The van der Waals surface area contributed by atoms with Crippen molar-refractivity contribution in [2.75, 3.05) is 5.32 Å². The third-order valence-electron chi connectivity index (χ3n) is 4.14. The highest BCUT2D eigenvalue weighted by atomic mass is 16.1. The quantitative estimate of drug-likeness (QED) is 0.624. The van der Waals surface area contributed by atoms with Crippen LogP contribution in [0.25, 0.3) is 21.8 Å². The van der Waals surface area contributed by atoms with Gasteiger partial charge in [0.1, 0.15) is 5.69 Å². The number of hydrogen-bond acceptors (Lipinski definition) is 3. The number of para-hydroxylation sites is 1. The topological polar surface area (TPSA) is 59.8 Å². The zero-order valence-electron chi connectivity index (χ0n) is 13.2. The lowest BCUT2D eigenvalue weighted by molar-refractivity contribution is 0.102. The molecular formula is C19H16N4O. The lowest BCUT2D eigenvalue weighted by Crippen LogP contribution is -2.13. The fourth-order valence-corrected chi connectivity index (χ4v) is 3.08. The Balaban J connectivity index is 1.78. The van der Waals surface area contributed by atoms with Crippen LogP contribution in [0.4, 0.5) is 5.69 Å². The molecule has 4 aromatic rings. The van der Waals surface area contributed by atoms with E-state index >= 15 is 0 Å². The molecule has 5 heteroatoms. The van der Waals surface area contributed by atoms with Crippen LogP contribution in [0.5, 0.6) is 0 Å². The first-order valence-electron chi connectivity index (χ1n) is 7.86. The molecule has 2 aromatic carbocycles. The second kappa shape index (κ2) is 5.77. The number of rotatable bonds is 3. The Kier molecular flexibility index (Phi) is 3.46. The Morgan fingerprint density at radius 1 is 1.08 bits per heavy atom. The highest BCUT2D eigenvalue weighted by Crippen LogP contribution is 2.31. The Morgan fingerprint density at radius 3 is 2.71 bits per heavy atom. The molecule has 1 N–H and O–H groups in total. The van der Waals surface area contributed by atoms with E-state index in [1.807, 2.05) is 30.3 Å². The molecule has 0 saturated carbocycles. The van der Waals surface area contributed by atoms with Gasteiger partial charge in [0.25, 0.3) is 5.91 Å². The van der Waals surface area contributed by atoms with Gasteiger partial charge in [0, 0.05) is 46.4 Å². The molecule has 0 radical (unpaired) electrons. The largest absolute Gasteiger partial charge is 0.341 e. The van der Waals surface area contributed by atoms with Crippen LogP contribution in [0.15, 0.2) is 61.1 Å². The van der Waals surface area contributed by atoms with Gasteiger partial charge in [0.05, 0.1) is 6.20 Å². The molecule has 0 aliphatic carbocycles. The number of hydrogen-bond donors (Lipinski definition) is 1. The van der Waals surface area contributed by atoms with Crippen LogP contribution < -0.4 is 5.32 Å². The van der Waals surface area contributed by atoms with E-state index < -0.39 is 0 Å². The highest BCUT2D eigenvalue weighted by Gasteiger charge is 2.12. The van der Waals surface area contributed by atoms with Crippen molar-refractivity contribution in [3.8, 4) is 0 Å². The van der Waals surface area contributed by atoms with E-state index in [0.717, 1.165) is 23.1 Å². The number of carbonyl (C=O) groups is 1. The normalized spacial score (nSPS) is 11.0. The molecule has 0 saturated heterocycles. The molecule has 0 bridgehead atoms. The second-order valence-corrected chi connectivity index (χ2v) is 5.54. The first kappa shape index (κ1) is 14.4. The van der Waals surface area contributed by atoms with Gasteiger partial charge in [-0.05, 0) is 31.2 Å². The van der Waals surface area contributed by atoms with Gasteiger partial charge in [-0.1, -0.05) is 18.2 Å². The Bertz CT molecular complexity index is 1040. The Labute approximate surface area is 139 Å². The number of aryl methyl sites for hydroxylation is 1. The second-order valence-electron chi connectivity index (χ2n) is 5.54. The predicted octanol–water partition coefficient (Wildman–Crippen LogP) is 3.86. The highest BCUT2D eigenvalue weighted by molar-refractivity contribution is 6.10. The van der Waals surface area contributed by atoms with Gasteiger partial charge < -0.3 is 9.88 Å². The third-order valence-corrected chi connectivity index (χ3v) is 4.14. The van der Waals surface area contributed by atoms with Crippen LogP contribution in [0.1, 0.15) is 17.4 Å². The molecule has 2 aromatic heterocycles. The number of fused-ring (bicyclic) bond motifs is 3. The van der Waals surface area contributed by atoms with Crippen molar-refractivity contribution >= 4 is 33.4 Å². The van der Waals surface area contributed by atoms with E-state index in [1.54, 1.807) is 6.20 Å². The molecule has 4 rings (SSSR count). The van der Waals surface area contributed by atoms with Crippen LogP contribution in [-0.2, 0) is 6.54 Å². The summed E-state index contributed by atoms with van der Waals surface area (Å²) in [6, 6.07) is 14.3. The molecule has 118 valence electrons. The fourth-order valence-electron chi connectivity index (χ4n) is 3.08. The summed E-state index contributed by atoms with van der Waals surface area (Å²) >= 11 is 0. The number of aromatic nitrogens is 3. The number of amides is 1. The number of nitrogens with zero attached hydrogens (tertiary/aromatic N) is 3. The van der Waals surface area contributed by atoms with Gasteiger partial charge in [0.2, 0.25) is 0 Å². The van der Waals surface area contributed by atoms with Crippen molar-refractivity contribution in [3.05, 3.63) is 66.7 Å². The average Bonchev–Trinajstić information content (AvgIpc) is 2.95. The number of benzene rings is 2. The van der Waals surface area contributed by atoms with Gasteiger partial charge >= 0.3 is 0 Å². The van der Waals surface area contributed by atoms with Gasteiger partial charge in [-0.2, -0.15) is 0 Å². The summed E-state index contributed by atoms with van der Waals surface area (Å²) in [5.74, 6) is -0.262. The van der Waals surface area contributed by atoms with Crippen LogP contribution in [0.2, 0.25) is 0 Å². The minimum Gasteiger partial charge on any atom is -0.341 e. The summed E-state index contributed by atoms with van der Waals surface area (Å²) in [7, 11) is 0. The summed E-state index contributed by atoms with van der Waals surface area (Å²) in [4.78, 5) is 20.2. The van der Waals surface area contributed by atoms with Crippen molar-refractivity contribution in [2.45, 2.75) is 13.5 Å². The molecule has 0 atom stereocenters. The van der Waals surface area contributed by atoms with Crippen LogP contribution in [-0.4, -0.2) is 20.4 Å². The van der Waals surface area contributed by atoms with Crippen molar-refractivity contribution in [1.29, 1.82) is 0 Å². The maximum absolute atomic E-state index is 12.3. The molecule has 1 amide bonds. The summed E-state index contributed by atoms with van der Waals surface area (Å²) in [5.41, 5.74) is 3.41. The minimum absolute atomic E-state index is 0.262. The predicted molar refractivity (Wildman–Crippen MR) is 95.1 cm³/mol.